The normalized spacial score (nSPS) is 11.7. The summed E-state index contributed by atoms with van der Waals surface area (Å²) in [4.78, 5) is 30.6. The van der Waals surface area contributed by atoms with Crippen molar-refractivity contribution in [2.24, 2.45) is 0 Å². The van der Waals surface area contributed by atoms with Gasteiger partial charge in [0.25, 0.3) is 11.1 Å². The molecule has 0 amide bonds. The van der Waals surface area contributed by atoms with Gasteiger partial charge in [-0.1, -0.05) is 23.3 Å². The van der Waals surface area contributed by atoms with Crippen LogP contribution in [0, 0.1) is 24.6 Å². The minimum atomic E-state index is -0.0690. The molecule has 4 nitrogen and oxygen atoms in total. The molecule has 0 spiro atoms. The third-order valence-electron chi connectivity index (χ3n) is 7.24. The Bertz CT molecular complexity index is 2100. The van der Waals surface area contributed by atoms with E-state index in [-0.39, 0.29) is 76.5 Å². The molecule has 0 bridgehead atoms. The van der Waals surface area contributed by atoms with Crippen LogP contribution in [0.2, 0.25) is 0 Å². The van der Waals surface area contributed by atoms with E-state index in [1.165, 1.54) is 22.7 Å². The summed E-state index contributed by atoms with van der Waals surface area (Å²) in [5, 5.41) is 9.82. The Morgan fingerprint density at radius 2 is 1.05 bits per heavy atom. The van der Waals surface area contributed by atoms with Gasteiger partial charge in [0.15, 0.2) is 0 Å². The van der Waals surface area contributed by atoms with Crippen molar-refractivity contribution in [3.63, 3.8) is 0 Å². The maximum absolute atomic E-state index is 14.4. The van der Waals surface area contributed by atoms with E-state index in [9.17, 15) is 9.59 Å². The summed E-state index contributed by atoms with van der Waals surface area (Å²) in [6.45, 7) is 4.08. The molecule has 0 aliphatic rings. The van der Waals surface area contributed by atoms with Crippen LogP contribution in [0.1, 0.15) is 11.1 Å². The second-order valence-corrected chi connectivity index (χ2v) is 11.1. The van der Waals surface area contributed by atoms with Gasteiger partial charge in [0.1, 0.15) is 0 Å². The van der Waals surface area contributed by atoms with E-state index >= 15 is 0 Å². The molecular formula is C30H16N2O2S2Y2-2. The largest absolute Gasteiger partial charge is 0.295 e. The summed E-state index contributed by atoms with van der Waals surface area (Å²) in [5.74, 6) is 0. The van der Waals surface area contributed by atoms with Gasteiger partial charge in [-0.15, -0.1) is 20.5 Å². The van der Waals surface area contributed by atoms with E-state index in [2.05, 4.69) is 22.9 Å². The molecule has 0 fully saturated rings. The standard InChI is InChI=1S/C30H16N2O2S2.2Y/c1-15-7-9-19-17(13-15)23-25(21-5-3-11-35-21)29(33)32-20-10-8-16(2)14-18(20)24-26(22-6-4-12-36-22)30(34)31(19)27(23)28(24)32;;/h3-10,13-14H,1-2H3;;/q-2;;. The van der Waals surface area contributed by atoms with Crippen molar-refractivity contribution >= 4 is 66.3 Å². The number of fused-ring (bicyclic) bond motifs is 6. The van der Waals surface area contributed by atoms with Crippen LogP contribution in [0.4, 0.5) is 0 Å². The van der Waals surface area contributed by atoms with Crippen LogP contribution >= 0.6 is 22.7 Å². The fraction of sp³-hybridized carbons (Fsp3) is 0.0667. The Labute approximate surface area is 275 Å². The molecule has 0 atom stereocenters. The van der Waals surface area contributed by atoms with Gasteiger partial charge in [-0.2, -0.15) is 24.3 Å². The van der Waals surface area contributed by atoms with Crippen LogP contribution in [0.5, 0.6) is 0 Å². The van der Waals surface area contributed by atoms with Gasteiger partial charge in [0.05, 0.1) is 22.1 Å². The molecule has 0 unspecified atom stereocenters. The zero-order valence-corrected chi connectivity index (χ0v) is 27.8. The molecule has 2 aromatic carbocycles. The summed E-state index contributed by atoms with van der Waals surface area (Å²) in [6.07, 6.45) is 0. The van der Waals surface area contributed by atoms with Crippen molar-refractivity contribution in [3.05, 3.63) is 103 Å². The van der Waals surface area contributed by atoms with Gasteiger partial charge >= 0.3 is 0 Å². The Hall–Kier alpha value is -1.79. The predicted molar refractivity (Wildman–Crippen MR) is 150 cm³/mol. The predicted octanol–water partition coefficient (Wildman–Crippen LogP) is 6.92. The van der Waals surface area contributed by atoms with E-state index < -0.39 is 0 Å². The first-order valence-corrected chi connectivity index (χ1v) is 13.2. The molecule has 6 heterocycles. The van der Waals surface area contributed by atoms with E-state index in [4.69, 9.17) is 0 Å². The van der Waals surface area contributed by atoms with Crippen LogP contribution in [-0.4, -0.2) is 8.80 Å². The van der Waals surface area contributed by atoms with Crippen LogP contribution in [0.25, 0.3) is 64.5 Å². The molecule has 0 aliphatic heterocycles. The summed E-state index contributed by atoms with van der Waals surface area (Å²) in [6, 6.07) is 19.8. The van der Waals surface area contributed by atoms with Gasteiger partial charge in [0.2, 0.25) is 0 Å². The van der Waals surface area contributed by atoms with Crippen molar-refractivity contribution < 1.29 is 65.4 Å². The van der Waals surface area contributed by atoms with Gasteiger partial charge < -0.3 is 0 Å². The molecule has 2 radical (unpaired) electrons. The monoisotopic (exact) mass is 678 g/mol. The van der Waals surface area contributed by atoms with E-state index in [1.54, 1.807) is 0 Å². The van der Waals surface area contributed by atoms with E-state index in [0.717, 1.165) is 64.5 Å². The quantitative estimate of drug-likeness (QED) is 0.187. The van der Waals surface area contributed by atoms with Crippen LogP contribution < -0.4 is 11.1 Å². The Morgan fingerprint density at radius 3 is 1.42 bits per heavy atom. The van der Waals surface area contributed by atoms with Gasteiger partial charge in [-0.3, -0.25) is 41.1 Å². The molecule has 8 rings (SSSR count). The molecule has 0 saturated carbocycles. The number of benzene rings is 2. The van der Waals surface area contributed by atoms with Crippen LogP contribution in [-0.2, 0) is 65.4 Å². The Kier molecular flexibility index (Phi) is 6.54. The number of thiophene rings is 2. The summed E-state index contributed by atoms with van der Waals surface area (Å²) >= 11 is 2.85. The molecule has 8 aromatic rings. The third kappa shape index (κ3) is 3.34. The second-order valence-electron chi connectivity index (χ2n) is 9.35. The molecule has 0 saturated heterocycles. The maximum atomic E-state index is 14.4. The summed E-state index contributed by atoms with van der Waals surface area (Å²) in [5.41, 5.74) is 6.52. The first-order chi connectivity index (χ1) is 17.5. The smallest absolute Gasteiger partial charge is 0.251 e. The number of rotatable bonds is 2. The average molecular weight is 678 g/mol. The number of hydrogen-bond donors (Lipinski definition) is 0. The zero-order chi connectivity index (χ0) is 24.3. The van der Waals surface area contributed by atoms with E-state index in [1.807, 2.05) is 71.2 Å². The molecular weight excluding hydrogens is 662 g/mol. The van der Waals surface area contributed by atoms with E-state index in [0.29, 0.717) is 11.1 Å². The van der Waals surface area contributed by atoms with Gasteiger partial charge in [-0.05, 0) is 38.1 Å². The van der Waals surface area contributed by atoms with Crippen molar-refractivity contribution in [3.8, 4) is 20.9 Å². The Morgan fingerprint density at radius 1 is 0.632 bits per heavy atom. The van der Waals surface area contributed by atoms with Crippen molar-refractivity contribution in [2.75, 3.05) is 0 Å². The molecule has 8 heteroatoms. The van der Waals surface area contributed by atoms with Crippen molar-refractivity contribution in [1.29, 1.82) is 0 Å². The topological polar surface area (TPSA) is 43.0 Å². The van der Waals surface area contributed by atoms with Gasteiger partial charge in [-0.25, -0.2) is 0 Å². The minimum Gasteiger partial charge on any atom is -0.295 e. The van der Waals surface area contributed by atoms with Crippen molar-refractivity contribution in [2.45, 2.75) is 13.8 Å². The molecule has 38 heavy (non-hydrogen) atoms. The number of aromatic nitrogens is 2. The zero-order valence-electron chi connectivity index (χ0n) is 20.5. The average Bonchev–Trinajstić information content (AvgIpc) is 3.65. The Balaban J connectivity index is 0.00000132. The number of nitrogens with zero attached hydrogens (tertiary/aromatic N) is 2. The van der Waals surface area contributed by atoms with Crippen molar-refractivity contribution in [1.82, 2.24) is 8.80 Å². The SMILES string of the molecule is Cc1ccc2c(c1)c1c(-c3cc[c-]s3)c(=O)n3c4ccc(C)cc4c4c(-c5cc[c-]s5)c(=O)n2c1c43.[Y].[Y]. The first kappa shape index (κ1) is 26.4. The number of pyridine rings is 2. The molecule has 6 aromatic heterocycles. The molecule has 178 valence electrons. The third-order valence-corrected chi connectivity index (χ3v) is 8.87. The number of aryl methyl sites for hydroxylation is 2. The molecule has 0 N–H and O–H groups in total. The van der Waals surface area contributed by atoms with Crippen LogP contribution in [0.3, 0.4) is 0 Å². The number of hydrogen-bond acceptors (Lipinski definition) is 4. The molecule has 0 aliphatic carbocycles. The minimum absolute atomic E-state index is 0. The maximum Gasteiger partial charge on any atom is 0.251 e. The second kappa shape index (κ2) is 9.40. The fourth-order valence-corrected chi connectivity index (χ4v) is 7.21. The first-order valence-electron chi connectivity index (χ1n) is 11.6. The van der Waals surface area contributed by atoms with Gasteiger partial charge in [0, 0.05) is 98.1 Å². The summed E-state index contributed by atoms with van der Waals surface area (Å²) < 4.78 is 3.65. The summed E-state index contributed by atoms with van der Waals surface area (Å²) in [7, 11) is 0. The fourth-order valence-electron chi connectivity index (χ4n) is 5.83. The van der Waals surface area contributed by atoms with Crippen LogP contribution in [0.15, 0.2) is 70.3 Å².